The summed E-state index contributed by atoms with van der Waals surface area (Å²) in [4.78, 5) is 39.9. The van der Waals surface area contributed by atoms with Crippen LogP contribution in [0.3, 0.4) is 0 Å². The van der Waals surface area contributed by atoms with Crippen LogP contribution in [0.1, 0.15) is 35.3 Å². The van der Waals surface area contributed by atoms with Crippen molar-refractivity contribution in [2.75, 3.05) is 0 Å². The van der Waals surface area contributed by atoms with Crippen LogP contribution in [0, 0.1) is 5.92 Å². The largest absolute Gasteiger partial charge is 0.364 e. The van der Waals surface area contributed by atoms with Crippen molar-refractivity contribution in [2.24, 2.45) is 11.7 Å². The standard InChI is InChI=1S/C25H24FN5O3/c26-25(15-6-2-1-3-7-15)12-20(25)28-24(34)19-11-14-10-18(14)31(19)21(32)13-30-17-9-5-4-8-16(17)22(29-30)23(27)33/h1-9,14,18-20H,10-13H2,(H2,27,33)(H,28,34)/t14?,18-,19+,20-,25-/m1/s1. The molecule has 0 radical (unpaired) electrons. The number of benzene rings is 2. The van der Waals surface area contributed by atoms with Gasteiger partial charge in [-0.1, -0.05) is 48.5 Å². The first-order valence-corrected chi connectivity index (χ1v) is 11.5. The number of aromatic nitrogens is 2. The number of para-hydroxylation sites is 1. The van der Waals surface area contributed by atoms with Gasteiger partial charge < -0.3 is 16.0 Å². The zero-order valence-corrected chi connectivity index (χ0v) is 18.4. The molecular weight excluding hydrogens is 437 g/mol. The highest BCUT2D eigenvalue weighted by Crippen LogP contribution is 2.51. The van der Waals surface area contributed by atoms with Crippen molar-refractivity contribution < 1.29 is 18.8 Å². The third kappa shape index (κ3) is 3.26. The molecular formula is C25H24FN5O3. The number of piperidine rings is 1. The van der Waals surface area contributed by atoms with Crippen molar-refractivity contribution >= 4 is 28.6 Å². The summed E-state index contributed by atoms with van der Waals surface area (Å²) < 4.78 is 16.7. The number of primary amides is 1. The Bertz CT molecular complexity index is 1320. The molecule has 8 nitrogen and oxygen atoms in total. The third-order valence-corrected chi connectivity index (χ3v) is 7.33. The third-order valence-electron chi connectivity index (χ3n) is 7.33. The molecule has 1 aliphatic heterocycles. The van der Waals surface area contributed by atoms with Crippen LogP contribution in [0.15, 0.2) is 54.6 Å². The van der Waals surface area contributed by atoms with Crippen LogP contribution in [-0.4, -0.2) is 50.5 Å². The summed E-state index contributed by atoms with van der Waals surface area (Å²) >= 11 is 0. The fourth-order valence-corrected chi connectivity index (χ4v) is 5.39. The van der Waals surface area contributed by atoms with Gasteiger partial charge in [-0.25, -0.2) is 4.39 Å². The molecule has 174 valence electrons. The number of hydrogen-bond donors (Lipinski definition) is 2. The van der Waals surface area contributed by atoms with E-state index < -0.39 is 23.7 Å². The summed E-state index contributed by atoms with van der Waals surface area (Å²) in [5.74, 6) is -0.941. The van der Waals surface area contributed by atoms with Gasteiger partial charge >= 0.3 is 0 Å². The van der Waals surface area contributed by atoms with Gasteiger partial charge in [0, 0.05) is 17.8 Å². The molecule has 3 aromatic rings. The molecule has 5 atom stereocenters. The number of rotatable bonds is 6. The average Bonchev–Trinajstić information content (AvgIpc) is 3.65. The van der Waals surface area contributed by atoms with Crippen molar-refractivity contribution in [1.82, 2.24) is 20.0 Å². The first-order valence-electron chi connectivity index (χ1n) is 11.5. The van der Waals surface area contributed by atoms with Gasteiger partial charge in [-0.3, -0.25) is 19.1 Å². The number of likely N-dealkylation sites (tertiary alicyclic amines) is 1. The summed E-state index contributed by atoms with van der Waals surface area (Å²) in [7, 11) is 0. The highest BCUT2D eigenvalue weighted by atomic mass is 19.1. The van der Waals surface area contributed by atoms with Crippen molar-refractivity contribution in [3.63, 3.8) is 0 Å². The second kappa shape index (κ2) is 7.38. The van der Waals surface area contributed by atoms with E-state index in [2.05, 4.69) is 10.4 Å². The van der Waals surface area contributed by atoms with E-state index in [4.69, 9.17) is 5.73 Å². The Balaban J connectivity index is 1.19. The number of amides is 3. The minimum atomic E-state index is -1.56. The molecule has 0 spiro atoms. The Labute approximate surface area is 194 Å². The molecule has 3 aliphatic rings. The first kappa shape index (κ1) is 20.8. The molecule has 2 aliphatic carbocycles. The van der Waals surface area contributed by atoms with Gasteiger partial charge in [-0.05, 0) is 30.4 Å². The Hall–Kier alpha value is -3.75. The maximum absolute atomic E-state index is 15.2. The molecule has 34 heavy (non-hydrogen) atoms. The van der Waals surface area contributed by atoms with Crippen molar-refractivity contribution in [2.45, 2.75) is 49.6 Å². The van der Waals surface area contributed by atoms with Gasteiger partial charge in [0.1, 0.15) is 12.6 Å². The smallest absolute Gasteiger partial charge is 0.269 e. The van der Waals surface area contributed by atoms with Crippen molar-refractivity contribution in [1.29, 1.82) is 0 Å². The van der Waals surface area contributed by atoms with Crippen molar-refractivity contribution in [3.8, 4) is 0 Å². The number of carbonyl (C=O) groups excluding carboxylic acids is 3. The summed E-state index contributed by atoms with van der Waals surface area (Å²) in [6.07, 6.45) is 1.67. The fraction of sp³-hybridized carbons (Fsp3) is 0.360. The zero-order chi connectivity index (χ0) is 23.6. The fourth-order valence-electron chi connectivity index (χ4n) is 5.39. The van der Waals surface area contributed by atoms with E-state index in [0.717, 1.165) is 6.42 Å². The van der Waals surface area contributed by atoms with Gasteiger partial charge in [-0.15, -0.1) is 0 Å². The summed E-state index contributed by atoms with van der Waals surface area (Å²) in [5, 5.41) is 7.68. The lowest BCUT2D eigenvalue weighted by Crippen LogP contribution is -2.50. The Morgan fingerprint density at radius 2 is 1.82 bits per heavy atom. The molecule has 9 heteroatoms. The molecule has 6 rings (SSSR count). The molecule has 3 N–H and O–H groups in total. The van der Waals surface area contributed by atoms with Crippen LogP contribution in [-0.2, 0) is 21.8 Å². The minimum Gasteiger partial charge on any atom is -0.364 e. The predicted octanol–water partition coefficient (Wildman–Crippen LogP) is 1.88. The van der Waals surface area contributed by atoms with Gasteiger partial charge in [-0.2, -0.15) is 5.10 Å². The van der Waals surface area contributed by atoms with E-state index in [-0.39, 0.29) is 36.5 Å². The molecule has 1 saturated heterocycles. The van der Waals surface area contributed by atoms with E-state index in [1.54, 1.807) is 53.4 Å². The second-order valence-electron chi connectivity index (χ2n) is 9.50. The lowest BCUT2D eigenvalue weighted by molar-refractivity contribution is -0.140. The summed E-state index contributed by atoms with van der Waals surface area (Å²) in [6.45, 7) is -0.110. The molecule has 2 saturated carbocycles. The number of hydrogen-bond acceptors (Lipinski definition) is 4. The Morgan fingerprint density at radius 1 is 1.09 bits per heavy atom. The minimum absolute atomic E-state index is 0.0177. The van der Waals surface area contributed by atoms with E-state index in [9.17, 15) is 14.4 Å². The maximum Gasteiger partial charge on any atom is 0.269 e. The molecule has 3 amide bonds. The predicted molar refractivity (Wildman–Crippen MR) is 121 cm³/mol. The number of nitrogens with zero attached hydrogens (tertiary/aromatic N) is 3. The monoisotopic (exact) mass is 461 g/mol. The van der Waals surface area contributed by atoms with Crippen LogP contribution >= 0.6 is 0 Å². The lowest BCUT2D eigenvalue weighted by Gasteiger charge is -2.27. The number of alkyl halides is 1. The molecule has 2 heterocycles. The van der Waals surface area contributed by atoms with Crippen LogP contribution in [0.5, 0.6) is 0 Å². The molecule has 1 unspecified atom stereocenters. The zero-order valence-electron chi connectivity index (χ0n) is 18.4. The number of nitrogens with two attached hydrogens (primary N) is 1. The Kier molecular flexibility index (Phi) is 4.52. The van der Waals surface area contributed by atoms with E-state index in [1.807, 2.05) is 6.07 Å². The highest BCUT2D eigenvalue weighted by Gasteiger charge is 2.60. The number of nitrogens with one attached hydrogen (secondary N) is 1. The first-order chi connectivity index (χ1) is 16.4. The van der Waals surface area contributed by atoms with E-state index >= 15 is 4.39 Å². The van der Waals surface area contributed by atoms with E-state index in [1.165, 1.54) is 4.68 Å². The quantitative estimate of drug-likeness (QED) is 0.584. The SMILES string of the molecule is NC(=O)c1nn(CC(=O)N2[C@@H]3CC3C[C@H]2C(=O)N[C@@H]2C[C@@]2(F)c2ccccc2)c2ccccc12. The topological polar surface area (TPSA) is 110 Å². The van der Waals surface area contributed by atoms with Gasteiger partial charge in [0.25, 0.3) is 5.91 Å². The van der Waals surface area contributed by atoms with Crippen LogP contribution < -0.4 is 11.1 Å². The maximum atomic E-state index is 15.2. The molecule has 0 bridgehead atoms. The van der Waals surface area contributed by atoms with Crippen LogP contribution in [0.4, 0.5) is 4.39 Å². The van der Waals surface area contributed by atoms with Gasteiger partial charge in [0.2, 0.25) is 11.8 Å². The highest BCUT2D eigenvalue weighted by molar-refractivity contribution is 6.04. The lowest BCUT2D eigenvalue weighted by atomic mass is 10.1. The van der Waals surface area contributed by atoms with Crippen molar-refractivity contribution in [3.05, 3.63) is 65.9 Å². The summed E-state index contributed by atoms with van der Waals surface area (Å²) in [6, 6.07) is 14.7. The Morgan fingerprint density at radius 3 is 2.59 bits per heavy atom. The van der Waals surface area contributed by atoms with Crippen LogP contribution in [0.25, 0.3) is 10.9 Å². The normalized spacial score (nSPS) is 29.0. The van der Waals surface area contributed by atoms with E-state index in [0.29, 0.717) is 28.8 Å². The molecule has 2 aromatic carbocycles. The average molecular weight is 461 g/mol. The van der Waals surface area contributed by atoms with Gasteiger partial charge in [0.15, 0.2) is 11.4 Å². The number of carbonyl (C=O) groups is 3. The molecule has 1 aromatic heterocycles. The number of halogens is 1. The van der Waals surface area contributed by atoms with Gasteiger partial charge in [0.05, 0.1) is 11.6 Å². The summed E-state index contributed by atoms with van der Waals surface area (Å²) in [5.41, 5.74) is 5.18. The number of fused-ring (bicyclic) bond motifs is 2. The molecule has 3 fully saturated rings. The second-order valence-corrected chi connectivity index (χ2v) is 9.50. The van der Waals surface area contributed by atoms with Crippen LogP contribution in [0.2, 0.25) is 0 Å².